The van der Waals surface area contributed by atoms with Gasteiger partial charge in [0.15, 0.2) is 0 Å². The summed E-state index contributed by atoms with van der Waals surface area (Å²) in [6.07, 6.45) is 0.671. The van der Waals surface area contributed by atoms with Crippen molar-refractivity contribution in [2.75, 3.05) is 11.4 Å². The second-order valence-corrected chi connectivity index (χ2v) is 7.97. The van der Waals surface area contributed by atoms with Gasteiger partial charge in [0.2, 0.25) is 0 Å². The Bertz CT molecular complexity index is 1230. The first-order chi connectivity index (χ1) is 14.6. The fraction of sp³-hybridized carbons (Fsp3) is 0.0833. The summed E-state index contributed by atoms with van der Waals surface area (Å²) in [4.78, 5) is 20.3. The van der Waals surface area contributed by atoms with E-state index >= 15 is 0 Å². The molecule has 1 aliphatic heterocycles. The van der Waals surface area contributed by atoms with Gasteiger partial charge in [-0.2, -0.15) is 0 Å². The highest BCUT2D eigenvalue weighted by Gasteiger charge is 2.33. The van der Waals surface area contributed by atoms with Crippen LogP contribution in [0.2, 0.25) is 10.0 Å². The van der Waals surface area contributed by atoms with Crippen molar-refractivity contribution in [2.24, 2.45) is 0 Å². The van der Waals surface area contributed by atoms with E-state index in [-0.39, 0.29) is 5.91 Å². The lowest BCUT2D eigenvalue weighted by Crippen LogP contribution is -2.38. The van der Waals surface area contributed by atoms with Gasteiger partial charge in [0.1, 0.15) is 11.5 Å². The second kappa shape index (κ2) is 7.63. The molecule has 0 N–H and O–H groups in total. The van der Waals surface area contributed by atoms with Gasteiger partial charge in [0.25, 0.3) is 5.91 Å². The number of nitrogens with zero attached hydrogens (tertiary/aromatic N) is 3. The van der Waals surface area contributed by atoms with Gasteiger partial charge in [-0.25, -0.2) is 4.98 Å². The van der Waals surface area contributed by atoms with Crippen molar-refractivity contribution < 1.29 is 4.79 Å². The summed E-state index contributed by atoms with van der Waals surface area (Å²) in [5.74, 6) is 0.617. The molecule has 6 heteroatoms. The van der Waals surface area contributed by atoms with Crippen LogP contribution in [0.15, 0.2) is 78.9 Å². The highest BCUT2D eigenvalue weighted by atomic mass is 35.5. The van der Waals surface area contributed by atoms with Crippen LogP contribution in [-0.2, 0) is 6.42 Å². The molecule has 0 fully saturated rings. The van der Waals surface area contributed by atoms with Gasteiger partial charge in [0, 0.05) is 39.9 Å². The van der Waals surface area contributed by atoms with E-state index in [4.69, 9.17) is 28.2 Å². The predicted molar refractivity (Wildman–Crippen MR) is 121 cm³/mol. The maximum atomic E-state index is 13.6. The second-order valence-electron chi connectivity index (χ2n) is 7.10. The van der Waals surface area contributed by atoms with Crippen LogP contribution in [0.4, 0.5) is 5.69 Å². The first kappa shape index (κ1) is 18.9. The van der Waals surface area contributed by atoms with Crippen LogP contribution in [0, 0.1) is 0 Å². The molecule has 4 nitrogen and oxygen atoms in total. The van der Waals surface area contributed by atoms with Crippen molar-refractivity contribution in [3.63, 3.8) is 0 Å². The number of fused-ring (bicyclic) bond motifs is 1. The van der Waals surface area contributed by atoms with Crippen molar-refractivity contribution in [3.8, 4) is 17.1 Å². The molecule has 4 aromatic rings. The molecular weight excluding hydrogens is 417 g/mol. The fourth-order valence-electron chi connectivity index (χ4n) is 3.82. The van der Waals surface area contributed by atoms with Gasteiger partial charge in [-0.3, -0.25) is 9.36 Å². The highest BCUT2D eigenvalue weighted by molar-refractivity contribution is 6.31. The zero-order valence-corrected chi connectivity index (χ0v) is 17.4. The summed E-state index contributed by atoms with van der Waals surface area (Å²) in [5.41, 5.74) is 3.91. The molecule has 1 aliphatic rings. The standard InChI is InChI=1S/C24H17Cl2N3O/c25-17-9-11-20(12-10-17)29-22-21(27-23(29)16-5-4-6-18(26)15-16)13-14-28(24(22)30)19-7-2-1-3-8-19/h1-12,15H,13-14H2. The minimum absolute atomic E-state index is 0.0711. The molecule has 2 heterocycles. The van der Waals surface area contributed by atoms with E-state index in [1.54, 1.807) is 4.90 Å². The number of aromatic nitrogens is 2. The maximum absolute atomic E-state index is 13.6. The third-order valence-electron chi connectivity index (χ3n) is 5.21. The molecule has 0 atom stereocenters. The first-order valence-corrected chi connectivity index (χ1v) is 10.4. The molecule has 0 aliphatic carbocycles. The van der Waals surface area contributed by atoms with Crippen molar-refractivity contribution >= 4 is 34.8 Å². The molecule has 5 rings (SSSR count). The summed E-state index contributed by atoms with van der Waals surface area (Å²) in [5, 5.41) is 1.25. The molecular formula is C24H17Cl2N3O. The number of para-hydroxylation sites is 1. The minimum Gasteiger partial charge on any atom is -0.307 e. The molecule has 0 saturated heterocycles. The Balaban J connectivity index is 1.72. The van der Waals surface area contributed by atoms with Crippen LogP contribution < -0.4 is 4.90 Å². The third kappa shape index (κ3) is 3.28. The van der Waals surface area contributed by atoms with E-state index in [0.29, 0.717) is 34.5 Å². The Morgan fingerprint density at radius 2 is 1.57 bits per heavy atom. The molecule has 148 valence electrons. The average Bonchev–Trinajstić information content (AvgIpc) is 3.16. The van der Waals surface area contributed by atoms with Crippen molar-refractivity contribution in [1.82, 2.24) is 9.55 Å². The van der Waals surface area contributed by atoms with E-state index in [1.807, 2.05) is 83.4 Å². The summed E-state index contributed by atoms with van der Waals surface area (Å²) < 4.78 is 1.91. The van der Waals surface area contributed by atoms with Crippen LogP contribution in [0.25, 0.3) is 17.1 Å². The fourth-order valence-corrected chi connectivity index (χ4v) is 4.14. The smallest absolute Gasteiger partial charge is 0.277 e. The Morgan fingerprint density at radius 1 is 0.800 bits per heavy atom. The van der Waals surface area contributed by atoms with Gasteiger partial charge < -0.3 is 4.90 Å². The van der Waals surface area contributed by atoms with E-state index in [9.17, 15) is 4.79 Å². The summed E-state index contributed by atoms with van der Waals surface area (Å²) in [6, 6.07) is 24.6. The van der Waals surface area contributed by atoms with Crippen LogP contribution in [0.1, 0.15) is 16.2 Å². The molecule has 1 aromatic heterocycles. The van der Waals surface area contributed by atoms with Gasteiger partial charge >= 0.3 is 0 Å². The lowest BCUT2D eigenvalue weighted by molar-refractivity contribution is 0.0973. The first-order valence-electron chi connectivity index (χ1n) is 9.62. The van der Waals surface area contributed by atoms with Crippen molar-refractivity contribution in [3.05, 3.63) is 100 Å². The number of amides is 1. The molecule has 0 spiro atoms. The van der Waals surface area contributed by atoms with Crippen LogP contribution in [0.5, 0.6) is 0 Å². The zero-order valence-electron chi connectivity index (χ0n) is 15.9. The van der Waals surface area contributed by atoms with E-state index in [1.165, 1.54) is 0 Å². The van der Waals surface area contributed by atoms with Gasteiger partial charge in [0.05, 0.1) is 5.69 Å². The van der Waals surface area contributed by atoms with Crippen LogP contribution in [0.3, 0.4) is 0 Å². The Morgan fingerprint density at radius 3 is 2.30 bits per heavy atom. The average molecular weight is 434 g/mol. The topological polar surface area (TPSA) is 38.1 Å². The van der Waals surface area contributed by atoms with Gasteiger partial charge in [-0.1, -0.05) is 53.5 Å². The molecule has 0 bridgehead atoms. The molecule has 3 aromatic carbocycles. The monoisotopic (exact) mass is 433 g/mol. The van der Waals surface area contributed by atoms with Crippen molar-refractivity contribution in [1.29, 1.82) is 0 Å². The largest absolute Gasteiger partial charge is 0.307 e. The quantitative estimate of drug-likeness (QED) is 0.394. The number of halogens is 2. The maximum Gasteiger partial charge on any atom is 0.277 e. The summed E-state index contributed by atoms with van der Waals surface area (Å²) in [7, 11) is 0. The predicted octanol–water partition coefficient (Wildman–Crippen LogP) is 6.05. The highest BCUT2D eigenvalue weighted by Crippen LogP contribution is 2.33. The zero-order chi connectivity index (χ0) is 20.7. The molecule has 0 unspecified atom stereocenters. The number of carbonyl (C=O) groups is 1. The minimum atomic E-state index is -0.0711. The number of hydrogen-bond donors (Lipinski definition) is 0. The number of carbonyl (C=O) groups excluding carboxylic acids is 1. The third-order valence-corrected chi connectivity index (χ3v) is 5.69. The van der Waals surface area contributed by atoms with Crippen LogP contribution >= 0.6 is 23.2 Å². The van der Waals surface area contributed by atoms with Crippen molar-refractivity contribution in [2.45, 2.75) is 6.42 Å². The normalized spacial score (nSPS) is 13.4. The van der Waals surface area contributed by atoms with Gasteiger partial charge in [-0.15, -0.1) is 0 Å². The molecule has 30 heavy (non-hydrogen) atoms. The lowest BCUT2D eigenvalue weighted by atomic mass is 10.1. The number of benzene rings is 3. The lowest BCUT2D eigenvalue weighted by Gasteiger charge is -2.27. The Hall–Kier alpha value is -3.08. The summed E-state index contributed by atoms with van der Waals surface area (Å²) in [6.45, 7) is 0.586. The Kier molecular flexibility index (Phi) is 4.81. The Labute approximate surface area is 184 Å². The summed E-state index contributed by atoms with van der Waals surface area (Å²) >= 11 is 12.4. The molecule has 0 radical (unpaired) electrons. The molecule has 0 saturated carbocycles. The van der Waals surface area contributed by atoms with Crippen LogP contribution in [-0.4, -0.2) is 22.0 Å². The number of anilines is 1. The number of rotatable bonds is 3. The van der Waals surface area contributed by atoms with E-state index < -0.39 is 0 Å². The number of hydrogen-bond acceptors (Lipinski definition) is 2. The number of imidazole rings is 1. The van der Waals surface area contributed by atoms with E-state index in [2.05, 4.69) is 0 Å². The SMILES string of the molecule is O=C1c2c(nc(-c3cccc(Cl)c3)n2-c2ccc(Cl)cc2)CCN1c1ccccc1. The van der Waals surface area contributed by atoms with E-state index in [0.717, 1.165) is 22.6 Å². The van der Waals surface area contributed by atoms with Gasteiger partial charge in [-0.05, 0) is 48.5 Å². The molecule has 1 amide bonds.